The van der Waals surface area contributed by atoms with Crippen LogP contribution in [0.3, 0.4) is 0 Å². The second-order valence-electron chi connectivity index (χ2n) is 7.42. The molecule has 0 rings (SSSR count). The van der Waals surface area contributed by atoms with Gasteiger partial charge in [-0.3, -0.25) is 4.79 Å². The molecule has 0 aromatic carbocycles. The number of aliphatic carboxylic acids is 3. The van der Waals surface area contributed by atoms with E-state index in [2.05, 4.69) is 71.2 Å². The molecule has 0 aliphatic heterocycles. The van der Waals surface area contributed by atoms with Crippen molar-refractivity contribution in [2.24, 2.45) is 0 Å². The fourth-order valence-electron chi connectivity index (χ4n) is 1.21. The van der Waals surface area contributed by atoms with Crippen LogP contribution < -0.4 is 5.32 Å². The van der Waals surface area contributed by atoms with Crippen molar-refractivity contribution in [2.45, 2.75) is 40.0 Å². The first-order chi connectivity index (χ1) is 22.3. The van der Waals surface area contributed by atoms with Gasteiger partial charge in [0.25, 0.3) is 0 Å². The van der Waals surface area contributed by atoms with E-state index in [0.717, 1.165) is 31.1 Å². The smallest absolute Gasteiger partial charge is 0.481 e. The molecule has 0 bridgehead atoms. The molecular formula is C32H45N2O14+. The number of carboxylic acids is 3. The quantitative estimate of drug-likeness (QED) is 0.0739. The molecule has 0 unspecified atom stereocenters. The number of imide groups is 1. The number of carbonyl (C=O) groups excluding carboxylic acids is 5. The Balaban J connectivity index is -0.000000112. The Hall–Kier alpha value is -6.37. The Morgan fingerprint density at radius 1 is 0.771 bits per heavy atom. The van der Waals surface area contributed by atoms with Crippen LogP contribution >= 0.6 is 0 Å². The van der Waals surface area contributed by atoms with E-state index in [1.54, 1.807) is 6.92 Å². The Labute approximate surface area is 279 Å². The third kappa shape index (κ3) is 59.1. The number of nitrogens with zero attached hydrogens (tertiary/aromatic N) is 1. The molecule has 0 spiro atoms. The highest BCUT2D eigenvalue weighted by Gasteiger charge is 2.11. The maximum absolute atomic E-state index is 10.5. The van der Waals surface area contributed by atoms with E-state index in [9.17, 15) is 38.4 Å². The monoisotopic (exact) mass is 681 g/mol. The number of nitrogens with one attached hydrogen (secondary N) is 1. The molecule has 3 amide bonds. The number of hydrogen-bond acceptors (Lipinski definition) is 11. The fraction of sp³-hybridized carbons (Fsp3) is 0.281. The predicted octanol–water partition coefficient (Wildman–Crippen LogP) is 4.27. The zero-order chi connectivity index (χ0) is 39.1. The van der Waals surface area contributed by atoms with Gasteiger partial charge >= 0.3 is 47.8 Å². The summed E-state index contributed by atoms with van der Waals surface area (Å²) in [5.74, 6) is -5.06. The van der Waals surface area contributed by atoms with Crippen molar-refractivity contribution in [1.82, 2.24) is 5.32 Å². The van der Waals surface area contributed by atoms with E-state index in [4.69, 9.17) is 15.3 Å². The SMILES string of the molecule is C=C(C)C(=O)O.C=C(CC(=O)O)C(=O)O.C=CC#[N+]C(=O)NC(=O)C=C.C=CC(=O)OC.C=CC(=O)OCC.C=CC(=O)OCCCC. The standard InChI is InChI=1S/C7H6N2O2.C7H12O2.C5H6O4.C5H8O2.2C4H6O2/c1-3-5-8-7(11)9-6(10)4-2;1-3-5-6-9-7(8)4-2;1-3(5(8)9)2-4(6)7;1-3-5(6)7-4-2;1-3-4(5)6-2;1-3(2)4(5)6/h3-4H,1-2H2;4H,2-3,5-6H2,1H3;1-2H2,(H,6,7)(H,8,9);3H,1,4H2,2H3;3H,1H2,2H3;1H2,2H3,(H,5,6)/p+1. The molecule has 0 radical (unpaired) electrons. The Morgan fingerprint density at radius 3 is 1.46 bits per heavy atom. The van der Waals surface area contributed by atoms with Crippen LogP contribution in [0.5, 0.6) is 0 Å². The van der Waals surface area contributed by atoms with Crippen molar-refractivity contribution in [1.29, 1.82) is 0 Å². The van der Waals surface area contributed by atoms with E-state index in [-0.39, 0.29) is 23.1 Å². The largest absolute Gasteiger partial charge is 0.606 e. The van der Waals surface area contributed by atoms with Gasteiger partial charge < -0.3 is 29.5 Å². The van der Waals surface area contributed by atoms with E-state index < -0.39 is 42.2 Å². The number of hydrogen-bond donors (Lipinski definition) is 4. The molecule has 0 aromatic heterocycles. The summed E-state index contributed by atoms with van der Waals surface area (Å²) in [5, 5.41) is 25.9. The molecule has 0 fully saturated rings. The Morgan fingerprint density at radius 2 is 1.23 bits per heavy atom. The number of esters is 3. The zero-order valence-electron chi connectivity index (χ0n) is 27.7. The van der Waals surface area contributed by atoms with Gasteiger partial charge in [0.15, 0.2) is 6.07 Å². The van der Waals surface area contributed by atoms with Crippen LogP contribution in [0.4, 0.5) is 4.79 Å². The topological polar surface area (TPSA) is 241 Å². The van der Waals surface area contributed by atoms with Crippen molar-refractivity contribution in [3.05, 3.63) is 92.4 Å². The van der Waals surface area contributed by atoms with E-state index in [1.165, 1.54) is 26.2 Å². The van der Waals surface area contributed by atoms with Gasteiger partial charge in [0.1, 0.15) is 0 Å². The minimum atomic E-state index is -1.27. The lowest BCUT2D eigenvalue weighted by molar-refractivity contribution is -0.139. The first kappa shape index (κ1) is 54.1. The van der Waals surface area contributed by atoms with Gasteiger partial charge in [0, 0.05) is 41.5 Å². The molecule has 0 heterocycles. The van der Waals surface area contributed by atoms with Gasteiger partial charge in [0.05, 0.1) is 26.7 Å². The number of ether oxygens (including phenoxy) is 3. The molecule has 0 aliphatic rings. The van der Waals surface area contributed by atoms with Crippen LogP contribution in [-0.2, 0) is 47.8 Å². The Kier molecular flexibility index (Phi) is 45.8. The third-order valence-electron chi connectivity index (χ3n) is 3.44. The average molecular weight is 682 g/mol. The van der Waals surface area contributed by atoms with E-state index in [1.807, 2.05) is 12.2 Å². The number of urea groups is 1. The first-order valence-electron chi connectivity index (χ1n) is 13.2. The van der Waals surface area contributed by atoms with Gasteiger partial charge in [-0.1, -0.05) is 59.4 Å². The molecule has 16 heteroatoms. The number of carboxylic acid groups (broad SMARTS) is 3. The van der Waals surface area contributed by atoms with Crippen LogP contribution in [0.15, 0.2) is 87.6 Å². The van der Waals surface area contributed by atoms with Gasteiger partial charge in [-0.25, -0.2) is 28.8 Å². The van der Waals surface area contributed by atoms with Crippen LogP contribution in [0.1, 0.15) is 40.0 Å². The summed E-state index contributed by atoms with van der Waals surface area (Å²) in [6.07, 6.45) is 7.08. The van der Waals surface area contributed by atoms with Crippen molar-refractivity contribution < 1.29 is 67.9 Å². The highest BCUT2D eigenvalue weighted by Crippen LogP contribution is 1.95. The van der Waals surface area contributed by atoms with Gasteiger partial charge in [-0.2, -0.15) is 10.1 Å². The maximum atomic E-state index is 10.5. The average Bonchev–Trinajstić information content (AvgIpc) is 3.04. The number of carbonyl (C=O) groups is 8. The fourth-order valence-corrected chi connectivity index (χ4v) is 1.21. The molecule has 0 saturated heterocycles. The zero-order valence-corrected chi connectivity index (χ0v) is 27.7. The summed E-state index contributed by atoms with van der Waals surface area (Å²) in [7, 11) is 1.31. The molecule has 0 saturated carbocycles. The van der Waals surface area contributed by atoms with Crippen LogP contribution in [0.25, 0.3) is 4.85 Å². The van der Waals surface area contributed by atoms with E-state index in [0.29, 0.717) is 13.2 Å². The molecule has 48 heavy (non-hydrogen) atoms. The van der Waals surface area contributed by atoms with Gasteiger partial charge in [-0.15, -0.1) is 4.85 Å². The maximum Gasteiger partial charge on any atom is 0.606 e. The predicted molar refractivity (Wildman–Crippen MR) is 178 cm³/mol. The lowest BCUT2D eigenvalue weighted by Gasteiger charge is -1.97. The summed E-state index contributed by atoms with van der Waals surface area (Å²) < 4.78 is 13.3. The van der Waals surface area contributed by atoms with Crippen molar-refractivity contribution in [3.63, 3.8) is 0 Å². The van der Waals surface area contributed by atoms with Gasteiger partial charge in [-0.05, 0) is 20.3 Å². The molecule has 16 nitrogen and oxygen atoms in total. The summed E-state index contributed by atoms with van der Waals surface area (Å²) in [6.45, 7) is 28.4. The lowest BCUT2D eigenvalue weighted by atomic mass is 10.2. The lowest BCUT2D eigenvalue weighted by Crippen LogP contribution is -2.24. The van der Waals surface area contributed by atoms with Crippen molar-refractivity contribution in [2.75, 3.05) is 20.3 Å². The van der Waals surface area contributed by atoms with Crippen molar-refractivity contribution >= 4 is 47.8 Å². The second kappa shape index (κ2) is 40.6. The minimum Gasteiger partial charge on any atom is -0.481 e. The molecule has 4 N–H and O–H groups in total. The van der Waals surface area contributed by atoms with Crippen LogP contribution in [0, 0.1) is 6.07 Å². The second-order valence-corrected chi connectivity index (χ2v) is 7.42. The molecule has 0 aliphatic carbocycles. The summed E-state index contributed by atoms with van der Waals surface area (Å²) >= 11 is 0. The van der Waals surface area contributed by atoms with Crippen molar-refractivity contribution in [3.8, 4) is 6.07 Å². The number of rotatable bonds is 12. The number of allylic oxidation sites excluding steroid dienone is 1. The minimum absolute atomic E-state index is 0.176. The summed E-state index contributed by atoms with van der Waals surface area (Å²) in [6, 6.07) is 1.39. The molecule has 266 valence electrons. The molecular weight excluding hydrogens is 636 g/mol. The van der Waals surface area contributed by atoms with E-state index >= 15 is 0 Å². The third-order valence-corrected chi connectivity index (χ3v) is 3.44. The Bertz CT molecular complexity index is 1190. The first-order valence-corrected chi connectivity index (χ1v) is 13.2. The summed E-state index contributed by atoms with van der Waals surface area (Å²) in [5.41, 5.74) is -0.127. The van der Waals surface area contributed by atoms with Crippen LogP contribution in [-0.4, -0.2) is 83.4 Å². The molecule has 0 aromatic rings. The highest BCUT2D eigenvalue weighted by molar-refractivity contribution is 6.03. The number of amides is 3. The number of methoxy groups -OCH3 is 1. The number of unbranched alkanes of at least 4 members (excludes halogenated alkanes) is 1. The highest BCUT2D eigenvalue weighted by atomic mass is 16.5. The normalized spacial score (nSPS) is 7.67. The van der Waals surface area contributed by atoms with Crippen LogP contribution in [0.2, 0.25) is 0 Å². The summed E-state index contributed by atoms with van der Waals surface area (Å²) in [4.78, 5) is 83.6. The van der Waals surface area contributed by atoms with Gasteiger partial charge in [0.2, 0.25) is 0 Å². The molecule has 0 atom stereocenters.